The molecule has 3 aromatic rings. The largest absolute Gasteiger partial charge is 0.494 e. The standard InChI is InChI=1S/C17H20N4OS/c1-4-5-10-23-17-16-13(12(2)19-20-17)11-18-21(16)14-8-6-7-9-15(14)22-3/h6-9,11H,4-5,10H2,1-3H3. The molecule has 0 aliphatic carbocycles. The molecule has 0 spiro atoms. The molecule has 6 heteroatoms. The molecule has 0 N–H and O–H groups in total. The molecular formula is C17H20N4OS. The van der Waals surface area contributed by atoms with Crippen LogP contribution in [0.15, 0.2) is 35.5 Å². The minimum atomic E-state index is 0.788. The lowest BCUT2D eigenvalue weighted by Gasteiger charge is -2.11. The monoisotopic (exact) mass is 328 g/mol. The Morgan fingerprint density at radius 2 is 2.04 bits per heavy atom. The van der Waals surface area contributed by atoms with Crippen molar-refractivity contribution in [3.63, 3.8) is 0 Å². The minimum Gasteiger partial charge on any atom is -0.494 e. The van der Waals surface area contributed by atoms with Crippen molar-refractivity contribution >= 4 is 22.7 Å². The van der Waals surface area contributed by atoms with Gasteiger partial charge < -0.3 is 4.74 Å². The molecule has 0 aliphatic rings. The first-order valence-corrected chi connectivity index (χ1v) is 8.72. The summed E-state index contributed by atoms with van der Waals surface area (Å²) in [5, 5.41) is 15.2. The molecule has 120 valence electrons. The Bertz CT molecular complexity index is 815. The summed E-state index contributed by atoms with van der Waals surface area (Å²) < 4.78 is 7.39. The van der Waals surface area contributed by atoms with Gasteiger partial charge in [-0.1, -0.05) is 25.5 Å². The van der Waals surface area contributed by atoms with Gasteiger partial charge in [-0.15, -0.1) is 16.9 Å². The molecule has 5 nitrogen and oxygen atoms in total. The van der Waals surface area contributed by atoms with Crippen LogP contribution in [0.5, 0.6) is 5.75 Å². The number of methoxy groups -OCH3 is 1. The average molecular weight is 328 g/mol. The summed E-state index contributed by atoms with van der Waals surface area (Å²) in [6.07, 6.45) is 4.18. The molecule has 3 rings (SSSR count). The van der Waals surface area contributed by atoms with E-state index in [4.69, 9.17) is 4.74 Å². The van der Waals surface area contributed by atoms with E-state index in [9.17, 15) is 0 Å². The highest BCUT2D eigenvalue weighted by Crippen LogP contribution is 2.31. The van der Waals surface area contributed by atoms with Crippen molar-refractivity contribution in [3.05, 3.63) is 36.2 Å². The zero-order valence-corrected chi connectivity index (χ0v) is 14.4. The first kappa shape index (κ1) is 15.8. The molecule has 2 heterocycles. The lowest BCUT2D eigenvalue weighted by atomic mass is 10.2. The van der Waals surface area contributed by atoms with E-state index in [0.717, 1.165) is 45.2 Å². The molecule has 0 aliphatic heterocycles. The van der Waals surface area contributed by atoms with E-state index in [1.165, 1.54) is 6.42 Å². The Labute approximate surface area is 140 Å². The number of fused-ring (bicyclic) bond motifs is 1. The third kappa shape index (κ3) is 3.03. The Morgan fingerprint density at radius 1 is 1.22 bits per heavy atom. The van der Waals surface area contributed by atoms with E-state index in [-0.39, 0.29) is 0 Å². The van der Waals surface area contributed by atoms with Gasteiger partial charge in [-0.2, -0.15) is 10.2 Å². The van der Waals surface area contributed by atoms with E-state index in [1.807, 2.05) is 42.1 Å². The molecule has 0 unspecified atom stereocenters. The number of hydrogen-bond acceptors (Lipinski definition) is 5. The number of nitrogens with zero attached hydrogens (tertiary/aromatic N) is 4. The van der Waals surface area contributed by atoms with Crippen molar-refractivity contribution in [1.82, 2.24) is 20.0 Å². The molecule has 0 saturated heterocycles. The van der Waals surface area contributed by atoms with E-state index in [1.54, 1.807) is 18.9 Å². The van der Waals surface area contributed by atoms with Crippen LogP contribution in [0.3, 0.4) is 0 Å². The number of benzene rings is 1. The summed E-state index contributed by atoms with van der Waals surface area (Å²) in [4.78, 5) is 0. The van der Waals surface area contributed by atoms with Crippen LogP contribution in [-0.2, 0) is 0 Å². The van der Waals surface area contributed by atoms with Gasteiger partial charge in [0.1, 0.15) is 22.0 Å². The van der Waals surface area contributed by atoms with Gasteiger partial charge in [0.25, 0.3) is 0 Å². The maximum atomic E-state index is 5.48. The summed E-state index contributed by atoms with van der Waals surface area (Å²) >= 11 is 1.73. The van der Waals surface area contributed by atoms with Crippen LogP contribution in [0.4, 0.5) is 0 Å². The molecule has 0 atom stereocenters. The summed E-state index contributed by atoms with van der Waals surface area (Å²) in [6, 6.07) is 7.88. The summed E-state index contributed by atoms with van der Waals surface area (Å²) in [7, 11) is 1.67. The highest BCUT2D eigenvalue weighted by atomic mass is 32.2. The number of ether oxygens (including phenoxy) is 1. The smallest absolute Gasteiger partial charge is 0.145 e. The predicted molar refractivity (Wildman–Crippen MR) is 93.6 cm³/mol. The van der Waals surface area contributed by atoms with Crippen LogP contribution in [-0.4, -0.2) is 32.8 Å². The Morgan fingerprint density at radius 3 is 2.83 bits per heavy atom. The molecule has 0 radical (unpaired) electrons. The second-order valence-corrected chi connectivity index (χ2v) is 6.37. The van der Waals surface area contributed by atoms with Crippen molar-refractivity contribution in [2.24, 2.45) is 0 Å². The molecule has 0 amide bonds. The number of hydrogen-bond donors (Lipinski definition) is 0. The summed E-state index contributed by atoms with van der Waals surface area (Å²) in [5.74, 6) is 1.82. The van der Waals surface area contributed by atoms with Crippen molar-refractivity contribution in [2.45, 2.75) is 31.7 Å². The summed E-state index contributed by atoms with van der Waals surface area (Å²) in [5.41, 5.74) is 2.80. The van der Waals surface area contributed by atoms with Crippen molar-refractivity contribution in [2.75, 3.05) is 12.9 Å². The Hall–Kier alpha value is -2.08. The van der Waals surface area contributed by atoms with E-state index in [2.05, 4.69) is 22.2 Å². The van der Waals surface area contributed by atoms with Crippen molar-refractivity contribution in [1.29, 1.82) is 0 Å². The molecular weight excluding hydrogens is 308 g/mol. The fourth-order valence-corrected chi connectivity index (χ4v) is 3.50. The van der Waals surface area contributed by atoms with Gasteiger partial charge in [-0.3, -0.25) is 0 Å². The fourth-order valence-electron chi connectivity index (χ4n) is 2.44. The van der Waals surface area contributed by atoms with E-state index < -0.39 is 0 Å². The topological polar surface area (TPSA) is 52.8 Å². The normalized spacial score (nSPS) is 11.1. The van der Waals surface area contributed by atoms with Gasteiger partial charge in [-0.05, 0) is 31.2 Å². The highest BCUT2D eigenvalue weighted by Gasteiger charge is 2.16. The second kappa shape index (κ2) is 7.00. The van der Waals surface area contributed by atoms with Gasteiger partial charge in [-0.25, -0.2) is 4.68 Å². The second-order valence-electron chi connectivity index (χ2n) is 5.28. The third-order valence-electron chi connectivity index (χ3n) is 3.70. The van der Waals surface area contributed by atoms with E-state index >= 15 is 0 Å². The van der Waals surface area contributed by atoms with Crippen molar-refractivity contribution in [3.8, 4) is 11.4 Å². The Kier molecular flexibility index (Phi) is 4.81. The Balaban J connectivity index is 2.15. The minimum absolute atomic E-state index is 0.788. The number of rotatable bonds is 6. The lowest BCUT2D eigenvalue weighted by molar-refractivity contribution is 0.412. The number of aromatic nitrogens is 4. The average Bonchev–Trinajstić information content (AvgIpc) is 3.03. The van der Waals surface area contributed by atoms with Crippen LogP contribution >= 0.6 is 11.8 Å². The van der Waals surface area contributed by atoms with Gasteiger partial charge >= 0.3 is 0 Å². The molecule has 2 aromatic heterocycles. The highest BCUT2D eigenvalue weighted by molar-refractivity contribution is 7.99. The predicted octanol–water partition coefficient (Wildman–Crippen LogP) is 4.02. The number of aryl methyl sites for hydroxylation is 1. The number of para-hydroxylation sites is 2. The van der Waals surface area contributed by atoms with Crippen LogP contribution in [0.25, 0.3) is 16.6 Å². The fraction of sp³-hybridized carbons (Fsp3) is 0.353. The van der Waals surface area contributed by atoms with Gasteiger partial charge in [0.05, 0.1) is 19.0 Å². The van der Waals surface area contributed by atoms with Crippen LogP contribution < -0.4 is 4.74 Å². The van der Waals surface area contributed by atoms with Crippen LogP contribution in [0, 0.1) is 6.92 Å². The van der Waals surface area contributed by atoms with Crippen LogP contribution in [0.1, 0.15) is 25.5 Å². The molecule has 0 fully saturated rings. The molecule has 1 aromatic carbocycles. The maximum Gasteiger partial charge on any atom is 0.145 e. The quantitative estimate of drug-likeness (QED) is 0.505. The number of thioether (sulfide) groups is 1. The molecule has 0 bridgehead atoms. The van der Waals surface area contributed by atoms with Crippen LogP contribution in [0.2, 0.25) is 0 Å². The zero-order chi connectivity index (χ0) is 16.2. The van der Waals surface area contributed by atoms with Gasteiger partial charge in [0, 0.05) is 5.39 Å². The maximum absolute atomic E-state index is 5.48. The van der Waals surface area contributed by atoms with Crippen molar-refractivity contribution < 1.29 is 4.74 Å². The lowest BCUT2D eigenvalue weighted by Crippen LogP contribution is -2.02. The summed E-state index contributed by atoms with van der Waals surface area (Å²) in [6.45, 7) is 4.15. The first-order chi connectivity index (χ1) is 11.3. The molecule has 23 heavy (non-hydrogen) atoms. The first-order valence-electron chi connectivity index (χ1n) is 7.73. The van der Waals surface area contributed by atoms with E-state index in [0.29, 0.717) is 0 Å². The zero-order valence-electron chi connectivity index (χ0n) is 13.6. The SMILES string of the molecule is CCCCSc1nnc(C)c2cnn(-c3ccccc3OC)c12. The third-order valence-corrected chi connectivity index (χ3v) is 4.74. The number of unbranched alkanes of at least 4 members (excludes halogenated alkanes) is 1. The van der Waals surface area contributed by atoms with Gasteiger partial charge in [0.15, 0.2) is 0 Å². The molecule has 0 saturated carbocycles. The van der Waals surface area contributed by atoms with Gasteiger partial charge in [0.2, 0.25) is 0 Å².